The number of halogens is 1. The van der Waals surface area contributed by atoms with Crippen LogP contribution in [0.25, 0.3) is 0 Å². The smallest absolute Gasteiger partial charge is 0.193 e. The van der Waals surface area contributed by atoms with Crippen molar-refractivity contribution in [1.82, 2.24) is 5.32 Å². The normalized spacial score (nSPS) is 12.9. The number of nitrogens with one attached hydrogen (secondary N) is 1. The average Bonchev–Trinajstić information content (AvgIpc) is 2.94. The summed E-state index contributed by atoms with van der Waals surface area (Å²) in [6, 6.07) is 8.16. The Kier molecular flexibility index (Phi) is 4.26. The standard InChI is InChI=1S/C13H16ClNOS/c1-3-9-5-7-11(17-9)13(15-4-2)10-6-8-12(14)16-10/h5-8,13,15H,3-4H2,1-2H3. The molecule has 0 aliphatic carbocycles. The first kappa shape index (κ1) is 12.7. The second kappa shape index (κ2) is 5.71. The summed E-state index contributed by atoms with van der Waals surface area (Å²) in [7, 11) is 0. The molecule has 0 saturated carbocycles. The summed E-state index contributed by atoms with van der Waals surface area (Å²) >= 11 is 7.65. The van der Waals surface area contributed by atoms with E-state index in [4.69, 9.17) is 16.0 Å². The lowest BCUT2D eigenvalue weighted by atomic mass is 10.2. The van der Waals surface area contributed by atoms with Crippen LogP contribution in [0.4, 0.5) is 0 Å². The highest BCUT2D eigenvalue weighted by Gasteiger charge is 2.18. The third kappa shape index (κ3) is 2.92. The van der Waals surface area contributed by atoms with Crippen LogP contribution >= 0.6 is 22.9 Å². The van der Waals surface area contributed by atoms with Crippen molar-refractivity contribution in [1.29, 1.82) is 0 Å². The van der Waals surface area contributed by atoms with Gasteiger partial charge in [0.05, 0.1) is 0 Å². The van der Waals surface area contributed by atoms with Crippen LogP contribution in [0.15, 0.2) is 28.7 Å². The lowest BCUT2D eigenvalue weighted by Crippen LogP contribution is -2.20. The number of hydrogen-bond donors (Lipinski definition) is 1. The van der Waals surface area contributed by atoms with Gasteiger partial charge in [-0.15, -0.1) is 11.3 Å². The van der Waals surface area contributed by atoms with Gasteiger partial charge in [-0.3, -0.25) is 0 Å². The minimum absolute atomic E-state index is 0.109. The van der Waals surface area contributed by atoms with Crippen LogP contribution in [0.2, 0.25) is 5.22 Å². The molecule has 1 unspecified atom stereocenters. The largest absolute Gasteiger partial charge is 0.448 e. The highest BCUT2D eigenvalue weighted by molar-refractivity contribution is 7.12. The quantitative estimate of drug-likeness (QED) is 0.878. The van der Waals surface area contributed by atoms with E-state index in [1.165, 1.54) is 9.75 Å². The van der Waals surface area contributed by atoms with Gasteiger partial charge < -0.3 is 9.73 Å². The van der Waals surface area contributed by atoms with Crippen molar-refractivity contribution in [3.8, 4) is 0 Å². The molecule has 17 heavy (non-hydrogen) atoms. The minimum atomic E-state index is 0.109. The Morgan fingerprint density at radius 2 is 2.12 bits per heavy atom. The van der Waals surface area contributed by atoms with Crippen LogP contribution in [-0.2, 0) is 6.42 Å². The molecule has 1 N–H and O–H groups in total. The van der Waals surface area contributed by atoms with E-state index in [-0.39, 0.29) is 6.04 Å². The lowest BCUT2D eigenvalue weighted by molar-refractivity contribution is 0.457. The zero-order valence-electron chi connectivity index (χ0n) is 10.00. The first-order valence-electron chi connectivity index (χ1n) is 5.81. The fourth-order valence-electron chi connectivity index (χ4n) is 1.77. The van der Waals surface area contributed by atoms with E-state index >= 15 is 0 Å². The summed E-state index contributed by atoms with van der Waals surface area (Å²) < 4.78 is 5.51. The first-order chi connectivity index (χ1) is 8.24. The van der Waals surface area contributed by atoms with Crippen molar-refractivity contribution < 1.29 is 4.42 Å². The molecule has 0 aliphatic rings. The molecule has 0 amide bonds. The van der Waals surface area contributed by atoms with Crippen molar-refractivity contribution in [2.75, 3.05) is 6.54 Å². The molecule has 0 radical (unpaired) electrons. The zero-order chi connectivity index (χ0) is 12.3. The Morgan fingerprint density at radius 1 is 1.29 bits per heavy atom. The minimum Gasteiger partial charge on any atom is -0.448 e. The van der Waals surface area contributed by atoms with Gasteiger partial charge in [0, 0.05) is 9.75 Å². The van der Waals surface area contributed by atoms with Gasteiger partial charge in [0.25, 0.3) is 0 Å². The fraction of sp³-hybridized carbons (Fsp3) is 0.385. The Labute approximate surface area is 111 Å². The van der Waals surface area contributed by atoms with Crippen molar-refractivity contribution >= 4 is 22.9 Å². The van der Waals surface area contributed by atoms with E-state index < -0.39 is 0 Å². The van der Waals surface area contributed by atoms with Gasteiger partial charge in [-0.2, -0.15) is 0 Å². The number of thiophene rings is 1. The third-order valence-electron chi connectivity index (χ3n) is 2.60. The van der Waals surface area contributed by atoms with Gasteiger partial charge in [0.1, 0.15) is 11.8 Å². The summed E-state index contributed by atoms with van der Waals surface area (Å²) in [5.74, 6) is 0.876. The molecular weight excluding hydrogens is 254 g/mol. The predicted octanol–water partition coefficient (Wildman–Crippen LogP) is 4.26. The molecule has 2 nitrogen and oxygen atoms in total. The van der Waals surface area contributed by atoms with Crippen LogP contribution in [0.1, 0.15) is 35.4 Å². The molecule has 0 fully saturated rings. The first-order valence-corrected chi connectivity index (χ1v) is 7.01. The van der Waals surface area contributed by atoms with Crippen LogP contribution in [-0.4, -0.2) is 6.54 Å². The van der Waals surface area contributed by atoms with E-state index in [2.05, 4.69) is 31.3 Å². The Bertz CT molecular complexity index is 477. The maximum atomic E-state index is 5.83. The van der Waals surface area contributed by atoms with E-state index in [1.807, 2.05) is 17.4 Å². The van der Waals surface area contributed by atoms with Crippen LogP contribution in [0.5, 0.6) is 0 Å². The summed E-state index contributed by atoms with van der Waals surface area (Å²) in [5, 5.41) is 3.86. The van der Waals surface area contributed by atoms with Crippen LogP contribution in [0.3, 0.4) is 0 Å². The molecule has 0 spiro atoms. The van der Waals surface area contributed by atoms with Gasteiger partial charge in [-0.1, -0.05) is 13.8 Å². The van der Waals surface area contributed by atoms with Gasteiger partial charge in [0.15, 0.2) is 5.22 Å². The molecule has 2 aromatic rings. The SMILES string of the molecule is CCNC(c1ccc(Cl)o1)c1ccc(CC)s1. The molecule has 4 heteroatoms. The topological polar surface area (TPSA) is 25.2 Å². The van der Waals surface area contributed by atoms with Crippen molar-refractivity contribution in [3.05, 3.63) is 45.0 Å². The lowest BCUT2D eigenvalue weighted by Gasteiger charge is -2.13. The van der Waals surface area contributed by atoms with Crippen molar-refractivity contribution in [2.45, 2.75) is 26.3 Å². The Morgan fingerprint density at radius 3 is 2.65 bits per heavy atom. The summed E-state index contributed by atoms with van der Waals surface area (Å²) in [6.45, 7) is 5.15. The molecule has 0 bridgehead atoms. The molecule has 2 rings (SSSR count). The van der Waals surface area contributed by atoms with Crippen LogP contribution < -0.4 is 5.32 Å². The molecule has 1 atom stereocenters. The van der Waals surface area contributed by atoms with Gasteiger partial charge in [-0.25, -0.2) is 0 Å². The van der Waals surface area contributed by atoms with Crippen molar-refractivity contribution in [3.63, 3.8) is 0 Å². The number of hydrogen-bond acceptors (Lipinski definition) is 3. The van der Waals surface area contributed by atoms with Crippen molar-refractivity contribution in [2.24, 2.45) is 0 Å². The highest BCUT2D eigenvalue weighted by Crippen LogP contribution is 2.30. The molecule has 2 heterocycles. The molecular formula is C13H16ClNOS. The molecule has 2 aromatic heterocycles. The van der Waals surface area contributed by atoms with E-state index in [9.17, 15) is 0 Å². The Balaban J connectivity index is 2.28. The molecule has 0 saturated heterocycles. The summed E-state index contributed by atoms with van der Waals surface area (Å²) in [5.41, 5.74) is 0. The van der Waals surface area contributed by atoms with Crippen LogP contribution in [0, 0.1) is 0 Å². The molecule has 92 valence electrons. The molecule has 0 aliphatic heterocycles. The van der Waals surface area contributed by atoms with E-state index in [0.29, 0.717) is 5.22 Å². The third-order valence-corrected chi connectivity index (χ3v) is 4.10. The fourth-order valence-corrected chi connectivity index (χ4v) is 2.96. The average molecular weight is 270 g/mol. The number of rotatable bonds is 5. The monoisotopic (exact) mass is 269 g/mol. The van der Waals surface area contributed by atoms with E-state index in [0.717, 1.165) is 18.7 Å². The van der Waals surface area contributed by atoms with E-state index in [1.54, 1.807) is 6.07 Å². The summed E-state index contributed by atoms with van der Waals surface area (Å²) in [6.07, 6.45) is 1.07. The maximum Gasteiger partial charge on any atom is 0.193 e. The zero-order valence-corrected chi connectivity index (χ0v) is 11.6. The van der Waals surface area contributed by atoms with Gasteiger partial charge in [-0.05, 0) is 48.8 Å². The van der Waals surface area contributed by atoms with Gasteiger partial charge >= 0.3 is 0 Å². The Hall–Kier alpha value is -0.770. The molecule has 0 aromatic carbocycles. The second-order valence-corrected chi connectivity index (χ2v) is 5.36. The maximum absolute atomic E-state index is 5.83. The highest BCUT2D eigenvalue weighted by atomic mass is 35.5. The second-order valence-electron chi connectivity index (χ2n) is 3.79. The predicted molar refractivity (Wildman–Crippen MR) is 72.9 cm³/mol. The number of furan rings is 1. The summed E-state index contributed by atoms with van der Waals surface area (Å²) in [4.78, 5) is 2.66. The number of aryl methyl sites for hydroxylation is 1. The van der Waals surface area contributed by atoms with Gasteiger partial charge in [0.2, 0.25) is 0 Å².